The van der Waals surface area contributed by atoms with E-state index in [1.165, 1.54) is 0 Å². The van der Waals surface area contributed by atoms with Crippen LogP contribution in [0, 0.1) is 0 Å². The fourth-order valence-corrected chi connectivity index (χ4v) is 2.07. The predicted molar refractivity (Wildman–Crippen MR) is 61.5 cm³/mol. The third-order valence-electron chi connectivity index (χ3n) is 2.92. The maximum atomic E-state index is 11.5. The Morgan fingerprint density at radius 1 is 1.59 bits per heavy atom. The van der Waals surface area contributed by atoms with Crippen molar-refractivity contribution in [2.24, 2.45) is 0 Å². The van der Waals surface area contributed by atoms with Gasteiger partial charge in [0.2, 0.25) is 0 Å². The maximum Gasteiger partial charge on any atom is 0.335 e. The van der Waals surface area contributed by atoms with E-state index in [2.05, 4.69) is 0 Å². The largest absolute Gasteiger partial charge is 0.464 e. The van der Waals surface area contributed by atoms with Crippen LogP contribution in [0.2, 0.25) is 0 Å². The van der Waals surface area contributed by atoms with Gasteiger partial charge in [0.25, 0.3) is 0 Å². The molecule has 0 aromatic heterocycles. The SMILES string of the molecule is CCOC(=O)C(O)C1COCc2ccccc21. The van der Waals surface area contributed by atoms with Gasteiger partial charge in [-0.1, -0.05) is 24.3 Å². The number of rotatable bonds is 3. The molecule has 0 bridgehead atoms. The van der Waals surface area contributed by atoms with Gasteiger partial charge in [0.05, 0.1) is 19.8 Å². The number of fused-ring (bicyclic) bond motifs is 1. The molecule has 17 heavy (non-hydrogen) atoms. The lowest BCUT2D eigenvalue weighted by atomic mass is 9.89. The van der Waals surface area contributed by atoms with Crippen LogP contribution in [0.4, 0.5) is 0 Å². The van der Waals surface area contributed by atoms with Gasteiger partial charge in [-0.15, -0.1) is 0 Å². The molecule has 0 saturated carbocycles. The van der Waals surface area contributed by atoms with Crippen molar-refractivity contribution in [3.8, 4) is 0 Å². The number of aliphatic hydroxyl groups excluding tert-OH is 1. The van der Waals surface area contributed by atoms with Crippen LogP contribution in [-0.4, -0.2) is 30.4 Å². The molecule has 4 heteroatoms. The predicted octanol–water partition coefficient (Wildman–Crippen LogP) is 1.22. The van der Waals surface area contributed by atoms with Crippen molar-refractivity contribution in [2.75, 3.05) is 13.2 Å². The summed E-state index contributed by atoms with van der Waals surface area (Å²) in [5.74, 6) is -0.920. The second kappa shape index (κ2) is 5.29. The zero-order chi connectivity index (χ0) is 12.3. The molecule has 2 rings (SSSR count). The Bertz CT molecular complexity index is 402. The number of carbonyl (C=O) groups excluding carboxylic acids is 1. The molecular weight excluding hydrogens is 220 g/mol. The second-order valence-electron chi connectivity index (χ2n) is 4.02. The van der Waals surface area contributed by atoms with Crippen LogP contribution in [0.15, 0.2) is 24.3 Å². The average Bonchev–Trinajstić information content (AvgIpc) is 2.37. The fraction of sp³-hybridized carbons (Fsp3) is 0.462. The third-order valence-corrected chi connectivity index (χ3v) is 2.92. The van der Waals surface area contributed by atoms with E-state index in [9.17, 15) is 9.90 Å². The van der Waals surface area contributed by atoms with Crippen molar-refractivity contribution in [1.29, 1.82) is 0 Å². The van der Waals surface area contributed by atoms with Crippen molar-refractivity contribution in [2.45, 2.75) is 25.6 Å². The minimum absolute atomic E-state index is 0.269. The Balaban J connectivity index is 2.20. The van der Waals surface area contributed by atoms with E-state index in [1.54, 1.807) is 6.92 Å². The number of aliphatic hydroxyl groups is 1. The smallest absolute Gasteiger partial charge is 0.335 e. The monoisotopic (exact) mass is 236 g/mol. The average molecular weight is 236 g/mol. The van der Waals surface area contributed by atoms with Gasteiger partial charge in [0.1, 0.15) is 0 Å². The Labute approximate surface area is 100 Å². The van der Waals surface area contributed by atoms with Gasteiger partial charge in [-0.05, 0) is 18.1 Å². The first kappa shape index (κ1) is 12.1. The van der Waals surface area contributed by atoms with Crippen LogP contribution in [0.1, 0.15) is 24.0 Å². The summed E-state index contributed by atoms with van der Waals surface area (Å²) in [6.45, 7) is 2.86. The minimum atomic E-state index is -1.16. The highest BCUT2D eigenvalue weighted by atomic mass is 16.5. The highest BCUT2D eigenvalue weighted by Gasteiger charge is 2.32. The molecule has 0 amide bonds. The van der Waals surface area contributed by atoms with Gasteiger partial charge in [-0.3, -0.25) is 0 Å². The molecule has 0 aliphatic carbocycles. The minimum Gasteiger partial charge on any atom is -0.464 e. The number of ether oxygens (including phenoxy) is 2. The van der Waals surface area contributed by atoms with Gasteiger partial charge in [0, 0.05) is 5.92 Å². The van der Waals surface area contributed by atoms with Crippen LogP contribution < -0.4 is 0 Å². The summed E-state index contributed by atoms with van der Waals surface area (Å²) in [7, 11) is 0. The quantitative estimate of drug-likeness (QED) is 0.802. The Hall–Kier alpha value is -1.39. The maximum absolute atomic E-state index is 11.5. The zero-order valence-electron chi connectivity index (χ0n) is 9.76. The van der Waals surface area contributed by atoms with Gasteiger partial charge in [0.15, 0.2) is 6.10 Å². The molecule has 2 unspecified atom stereocenters. The van der Waals surface area contributed by atoms with Crippen molar-refractivity contribution in [3.63, 3.8) is 0 Å². The topological polar surface area (TPSA) is 55.8 Å². The normalized spacial score (nSPS) is 20.5. The highest BCUT2D eigenvalue weighted by molar-refractivity contribution is 5.76. The summed E-state index contributed by atoms with van der Waals surface area (Å²) in [5.41, 5.74) is 1.99. The summed E-state index contributed by atoms with van der Waals surface area (Å²) in [4.78, 5) is 11.5. The second-order valence-corrected chi connectivity index (χ2v) is 4.02. The van der Waals surface area contributed by atoms with Crippen molar-refractivity contribution in [1.82, 2.24) is 0 Å². The Morgan fingerprint density at radius 2 is 2.35 bits per heavy atom. The molecule has 1 aromatic rings. The van der Waals surface area contributed by atoms with Gasteiger partial charge < -0.3 is 14.6 Å². The number of hydrogen-bond donors (Lipinski definition) is 1. The summed E-state index contributed by atoms with van der Waals surface area (Å²) in [6.07, 6.45) is -1.16. The lowest BCUT2D eigenvalue weighted by Crippen LogP contribution is -2.35. The van der Waals surface area contributed by atoms with Crippen LogP contribution >= 0.6 is 0 Å². The highest BCUT2D eigenvalue weighted by Crippen LogP contribution is 2.29. The van der Waals surface area contributed by atoms with Crippen molar-refractivity contribution < 1.29 is 19.4 Å². The lowest BCUT2D eigenvalue weighted by Gasteiger charge is -2.28. The van der Waals surface area contributed by atoms with E-state index in [4.69, 9.17) is 9.47 Å². The molecule has 2 atom stereocenters. The summed E-state index contributed by atoms with van der Waals surface area (Å²) < 4.78 is 10.2. The Morgan fingerprint density at radius 3 is 3.12 bits per heavy atom. The molecule has 0 radical (unpaired) electrons. The van der Waals surface area contributed by atoms with Crippen LogP contribution in [-0.2, 0) is 20.9 Å². The van der Waals surface area contributed by atoms with E-state index in [0.29, 0.717) is 13.2 Å². The first-order chi connectivity index (χ1) is 8.24. The molecule has 1 aliphatic rings. The fourth-order valence-electron chi connectivity index (χ4n) is 2.07. The number of benzene rings is 1. The number of carbonyl (C=O) groups is 1. The van der Waals surface area contributed by atoms with E-state index < -0.39 is 12.1 Å². The van der Waals surface area contributed by atoms with Crippen LogP contribution in [0.3, 0.4) is 0 Å². The van der Waals surface area contributed by atoms with Gasteiger partial charge >= 0.3 is 5.97 Å². The molecular formula is C13H16O4. The summed E-state index contributed by atoms with van der Waals surface area (Å²) in [6, 6.07) is 7.68. The molecule has 0 spiro atoms. The summed E-state index contributed by atoms with van der Waals surface area (Å²) in [5, 5.41) is 9.97. The summed E-state index contributed by atoms with van der Waals surface area (Å²) >= 11 is 0. The number of hydrogen-bond acceptors (Lipinski definition) is 4. The molecule has 0 saturated heterocycles. The molecule has 0 fully saturated rings. The van der Waals surface area contributed by atoms with Gasteiger partial charge in [-0.2, -0.15) is 0 Å². The van der Waals surface area contributed by atoms with E-state index in [1.807, 2.05) is 24.3 Å². The first-order valence-electron chi connectivity index (χ1n) is 5.74. The molecule has 4 nitrogen and oxygen atoms in total. The van der Waals surface area contributed by atoms with Crippen molar-refractivity contribution in [3.05, 3.63) is 35.4 Å². The molecule has 92 valence electrons. The lowest BCUT2D eigenvalue weighted by molar-refractivity contribution is -0.155. The molecule has 1 N–H and O–H groups in total. The van der Waals surface area contributed by atoms with E-state index in [-0.39, 0.29) is 12.5 Å². The van der Waals surface area contributed by atoms with E-state index in [0.717, 1.165) is 11.1 Å². The Kier molecular flexibility index (Phi) is 3.76. The van der Waals surface area contributed by atoms with Crippen LogP contribution in [0.5, 0.6) is 0 Å². The van der Waals surface area contributed by atoms with Crippen LogP contribution in [0.25, 0.3) is 0 Å². The zero-order valence-corrected chi connectivity index (χ0v) is 9.76. The third kappa shape index (κ3) is 2.48. The van der Waals surface area contributed by atoms with Gasteiger partial charge in [-0.25, -0.2) is 4.79 Å². The molecule has 1 aromatic carbocycles. The standard InChI is InChI=1S/C13H16O4/c1-2-17-13(15)12(14)11-8-16-7-9-5-3-4-6-10(9)11/h3-6,11-12,14H,2,7-8H2,1H3. The van der Waals surface area contributed by atoms with E-state index >= 15 is 0 Å². The van der Waals surface area contributed by atoms with Crippen molar-refractivity contribution >= 4 is 5.97 Å². The molecule has 1 heterocycles. The first-order valence-corrected chi connectivity index (χ1v) is 5.74. The number of esters is 1. The molecule has 1 aliphatic heterocycles.